The smallest absolute Gasteiger partial charge is 0.264 e. The molecule has 4 aromatic carbocycles. The number of nitrogens with zero attached hydrogens (tertiary/aromatic N) is 2. The zero-order valence-corrected chi connectivity index (χ0v) is 27.9. The Hall–Kier alpha value is -4.54. The molecule has 1 aliphatic rings. The van der Waals surface area contributed by atoms with Gasteiger partial charge in [0.1, 0.15) is 25.8 Å². The largest absolute Gasteiger partial charge is 0.486 e. The predicted octanol–water partition coefficient (Wildman–Crippen LogP) is 5.72. The number of halogens is 1. The maximum atomic E-state index is 14.6. The number of benzene rings is 4. The highest BCUT2D eigenvalue weighted by molar-refractivity contribution is 7.92. The van der Waals surface area contributed by atoms with Crippen LogP contribution in [0.5, 0.6) is 11.5 Å². The lowest BCUT2D eigenvalue weighted by molar-refractivity contribution is -0.140. The van der Waals surface area contributed by atoms with E-state index in [0.29, 0.717) is 41.8 Å². The summed E-state index contributed by atoms with van der Waals surface area (Å²) in [4.78, 5) is 30.0. The highest BCUT2D eigenvalue weighted by Gasteiger charge is 2.35. The quantitative estimate of drug-likeness (QED) is 0.194. The molecule has 0 bridgehead atoms. The first-order valence-electron chi connectivity index (χ1n) is 15.4. The predicted molar refractivity (Wildman–Crippen MR) is 182 cm³/mol. The fraction of sp³-hybridized carbons (Fsp3) is 0.278. The molecule has 2 amide bonds. The first kappa shape index (κ1) is 33.8. The Bertz CT molecular complexity index is 1790. The summed E-state index contributed by atoms with van der Waals surface area (Å²) in [6.07, 6.45) is 0.215. The number of rotatable bonds is 13. The van der Waals surface area contributed by atoms with Crippen LogP contribution in [0, 0.1) is 5.92 Å². The number of amides is 2. The number of hydrogen-bond acceptors (Lipinski definition) is 6. The van der Waals surface area contributed by atoms with Crippen molar-refractivity contribution in [3.8, 4) is 11.5 Å². The SMILES string of the molecule is CC(C)CNC(=O)C(Cc1ccccc1)N(Cc1cccc(Cl)c1)C(=O)CN(c1ccc2c(c1)OCCO2)S(=O)(=O)c1ccccc1. The van der Waals surface area contributed by atoms with Gasteiger partial charge in [-0.15, -0.1) is 0 Å². The summed E-state index contributed by atoms with van der Waals surface area (Å²) in [5.74, 6) is 0.126. The first-order valence-corrected chi connectivity index (χ1v) is 17.3. The highest BCUT2D eigenvalue weighted by atomic mass is 35.5. The van der Waals surface area contributed by atoms with Gasteiger partial charge in [0.25, 0.3) is 10.0 Å². The van der Waals surface area contributed by atoms with Gasteiger partial charge in [0, 0.05) is 30.6 Å². The molecule has 0 saturated carbocycles. The first-order chi connectivity index (χ1) is 22.6. The standard InChI is InChI=1S/C36H38ClN3O6S/c1-26(2)23-38-36(42)32(21-27-10-5-3-6-11-27)39(24-28-12-9-13-29(37)20-28)35(41)25-40(47(43,44)31-14-7-4-8-15-31)30-16-17-33-34(22-30)46-19-18-45-33/h3-17,20,22,26,32H,18-19,21,23-25H2,1-2H3,(H,38,42). The molecule has 47 heavy (non-hydrogen) atoms. The van der Waals surface area contributed by atoms with Gasteiger partial charge in [0.2, 0.25) is 11.8 Å². The van der Waals surface area contributed by atoms with Gasteiger partial charge < -0.3 is 19.7 Å². The van der Waals surface area contributed by atoms with Crippen molar-refractivity contribution in [3.63, 3.8) is 0 Å². The number of hydrogen-bond donors (Lipinski definition) is 1. The molecular weight excluding hydrogens is 638 g/mol. The van der Waals surface area contributed by atoms with Gasteiger partial charge in [-0.1, -0.05) is 86.1 Å². The van der Waals surface area contributed by atoms with Crippen molar-refractivity contribution in [1.29, 1.82) is 0 Å². The summed E-state index contributed by atoms with van der Waals surface area (Å²) < 4.78 is 40.9. The van der Waals surface area contributed by atoms with Gasteiger partial charge in [-0.3, -0.25) is 13.9 Å². The summed E-state index contributed by atoms with van der Waals surface area (Å²) in [7, 11) is -4.25. The van der Waals surface area contributed by atoms with Crippen LogP contribution >= 0.6 is 11.6 Å². The lowest BCUT2D eigenvalue weighted by Crippen LogP contribution is -2.53. The minimum Gasteiger partial charge on any atom is -0.486 e. The van der Waals surface area contributed by atoms with E-state index in [9.17, 15) is 18.0 Å². The third-order valence-electron chi connectivity index (χ3n) is 7.62. The molecule has 1 N–H and O–H groups in total. The minimum absolute atomic E-state index is 0.0135. The second-order valence-corrected chi connectivity index (χ2v) is 13.9. The molecule has 5 rings (SSSR count). The minimum atomic E-state index is -4.25. The fourth-order valence-corrected chi connectivity index (χ4v) is 6.88. The molecule has 0 aliphatic carbocycles. The summed E-state index contributed by atoms with van der Waals surface area (Å²) in [5, 5.41) is 3.46. The van der Waals surface area contributed by atoms with Crippen molar-refractivity contribution < 1.29 is 27.5 Å². The van der Waals surface area contributed by atoms with Crippen LogP contribution in [0.15, 0.2) is 108 Å². The number of nitrogens with one attached hydrogen (secondary N) is 1. The van der Waals surface area contributed by atoms with Crippen LogP contribution in [0.25, 0.3) is 0 Å². The van der Waals surface area contributed by atoms with Gasteiger partial charge in [0.15, 0.2) is 11.5 Å². The molecule has 0 saturated heterocycles. The Labute approximate surface area is 281 Å². The number of fused-ring (bicyclic) bond motifs is 1. The Kier molecular flexibility index (Phi) is 11.1. The van der Waals surface area contributed by atoms with Crippen LogP contribution in [-0.4, -0.2) is 57.5 Å². The number of anilines is 1. The third-order valence-corrected chi connectivity index (χ3v) is 9.64. The molecule has 0 radical (unpaired) electrons. The molecule has 11 heteroatoms. The van der Waals surface area contributed by atoms with E-state index in [0.717, 1.165) is 9.87 Å². The van der Waals surface area contributed by atoms with Crippen LogP contribution in [-0.2, 0) is 32.6 Å². The number of carbonyl (C=O) groups excluding carboxylic acids is 2. The van der Waals surface area contributed by atoms with E-state index >= 15 is 0 Å². The lowest BCUT2D eigenvalue weighted by Gasteiger charge is -2.34. The van der Waals surface area contributed by atoms with Crippen LogP contribution in [0.4, 0.5) is 5.69 Å². The number of sulfonamides is 1. The average Bonchev–Trinajstić information content (AvgIpc) is 3.08. The van der Waals surface area contributed by atoms with Gasteiger partial charge in [-0.05, 0) is 53.4 Å². The molecule has 9 nitrogen and oxygen atoms in total. The summed E-state index contributed by atoms with van der Waals surface area (Å²) in [6.45, 7) is 4.50. The Morgan fingerprint density at radius 2 is 1.49 bits per heavy atom. The van der Waals surface area contributed by atoms with Crippen molar-refractivity contribution in [1.82, 2.24) is 10.2 Å². The van der Waals surface area contributed by atoms with Crippen molar-refractivity contribution in [2.24, 2.45) is 5.92 Å². The van der Waals surface area contributed by atoms with E-state index in [1.807, 2.05) is 50.2 Å². The summed E-state index contributed by atoms with van der Waals surface area (Å²) >= 11 is 6.32. The zero-order chi connectivity index (χ0) is 33.4. The van der Waals surface area contributed by atoms with Crippen molar-refractivity contribution >= 4 is 39.1 Å². The van der Waals surface area contributed by atoms with E-state index in [1.165, 1.54) is 17.0 Å². The van der Waals surface area contributed by atoms with Gasteiger partial charge in [0.05, 0.1) is 10.6 Å². The summed E-state index contributed by atoms with van der Waals surface area (Å²) in [5.41, 5.74) is 1.76. The van der Waals surface area contributed by atoms with Gasteiger partial charge >= 0.3 is 0 Å². The fourth-order valence-electron chi connectivity index (χ4n) is 5.24. The third kappa shape index (κ3) is 8.64. The molecular formula is C36H38ClN3O6S. The maximum absolute atomic E-state index is 14.6. The van der Waals surface area contributed by atoms with E-state index in [2.05, 4.69) is 5.32 Å². The number of carbonyl (C=O) groups is 2. The van der Waals surface area contributed by atoms with Crippen LogP contribution in [0.2, 0.25) is 5.02 Å². The molecule has 0 aromatic heterocycles. The average molecular weight is 676 g/mol. The molecule has 246 valence electrons. The normalized spacial score (nSPS) is 13.1. The molecule has 1 atom stereocenters. The van der Waals surface area contributed by atoms with Crippen LogP contribution in [0.3, 0.4) is 0 Å². The second-order valence-electron chi connectivity index (χ2n) is 11.6. The molecule has 1 aliphatic heterocycles. The topological polar surface area (TPSA) is 105 Å². The summed E-state index contributed by atoms with van der Waals surface area (Å²) in [6, 6.07) is 28.2. The van der Waals surface area contributed by atoms with Gasteiger partial charge in [-0.25, -0.2) is 8.42 Å². The second kappa shape index (κ2) is 15.4. The lowest BCUT2D eigenvalue weighted by atomic mass is 10.0. The Morgan fingerprint density at radius 3 is 2.17 bits per heavy atom. The van der Waals surface area contributed by atoms with E-state index in [1.54, 1.807) is 54.6 Å². The van der Waals surface area contributed by atoms with Crippen molar-refractivity contribution in [2.45, 2.75) is 37.8 Å². The van der Waals surface area contributed by atoms with E-state index < -0.39 is 28.5 Å². The molecule has 1 heterocycles. The van der Waals surface area contributed by atoms with Crippen LogP contribution in [0.1, 0.15) is 25.0 Å². The maximum Gasteiger partial charge on any atom is 0.264 e. The molecule has 0 fully saturated rings. The van der Waals surface area contributed by atoms with Crippen molar-refractivity contribution in [2.75, 3.05) is 30.6 Å². The molecule has 0 spiro atoms. The van der Waals surface area contributed by atoms with Crippen LogP contribution < -0.4 is 19.1 Å². The van der Waals surface area contributed by atoms with Crippen molar-refractivity contribution in [3.05, 3.63) is 119 Å². The van der Waals surface area contributed by atoms with E-state index in [-0.39, 0.29) is 35.4 Å². The zero-order valence-electron chi connectivity index (χ0n) is 26.3. The number of ether oxygens (including phenoxy) is 2. The molecule has 4 aromatic rings. The molecule has 1 unspecified atom stereocenters. The Morgan fingerprint density at radius 1 is 0.830 bits per heavy atom. The highest BCUT2D eigenvalue weighted by Crippen LogP contribution is 2.36. The monoisotopic (exact) mass is 675 g/mol. The van der Waals surface area contributed by atoms with E-state index in [4.69, 9.17) is 21.1 Å². The Balaban J connectivity index is 1.58. The van der Waals surface area contributed by atoms with Gasteiger partial charge in [-0.2, -0.15) is 0 Å².